The lowest BCUT2D eigenvalue weighted by molar-refractivity contribution is 0.102. The number of carbonyl (C=O) groups excluding carboxylic acids is 1. The second-order valence-electron chi connectivity index (χ2n) is 7.55. The van der Waals surface area contributed by atoms with Gasteiger partial charge in [0.25, 0.3) is 5.91 Å². The van der Waals surface area contributed by atoms with Crippen molar-refractivity contribution < 1.29 is 9.53 Å². The normalized spacial score (nSPS) is 14.2. The summed E-state index contributed by atoms with van der Waals surface area (Å²) in [5.74, 6) is 1.78. The summed E-state index contributed by atoms with van der Waals surface area (Å²) in [6.07, 6.45) is 1.62. The molecule has 1 aliphatic rings. The predicted octanol–water partition coefficient (Wildman–Crippen LogP) is 2.76. The SMILES string of the molecule is Cc1cc(N2CCOCC2)ncc1C(=O)Nc1cc(-c2nc3ccccc3[nH]2)n(C)n1. The molecule has 9 heteroatoms. The quantitative estimate of drug-likeness (QED) is 0.530. The number of aromatic amines is 1. The highest BCUT2D eigenvalue weighted by molar-refractivity contribution is 6.05. The van der Waals surface area contributed by atoms with Crippen molar-refractivity contribution in [3.63, 3.8) is 0 Å². The number of morpholine rings is 1. The van der Waals surface area contributed by atoms with Gasteiger partial charge in [-0.05, 0) is 30.7 Å². The van der Waals surface area contributed by atoms with E-state index in [1.807, 2.05) is 44.3 Å². The first kappa shape index (κ1) is 19.3. The first-order chi connectivity index (χ1) is 15.1. The molecule has 4 aromatic rings. The molecule has 158 valence electrons. The Morgan fingerprint density at radius 3 is 2.77 bits per heavy atom. The fraction of sp³-hybridized carbons (Fsp3) is 0.273. The van der Waals surface area contributed by atoms with Gasteiger partial charge < -0.3 is 19.9 Å². The van der Waals surface area contributed by atoms with Crippen LogP contribution in [0.2, 0.25) is 0 Å². The molecular weight excluding hydrogens is 394 g/mol. The van der Waals surface area contributed by atoms with Gasteiger partial charge in [0.05, 0.1) is 29.8 Å². The number of nitrogens with zero attached hydrogens (tertiary/aromatic N) is 5. The van der Waals surface area contributed by atoms with Crippen LogP contribution in [0.4, 0.5) is 11.6 Å². The summed E-state index contributed by atoms with van der Waals surface area (Å²) in [4.78, 5) is 27.4. The molecule has 4 heterocycles. The standard InChI is InChI=1S/C22H23N7O2/c1-14-11-20(29-7-9-31-10-8-29)23-13-15(14)22(30)26-19-12-18(28(2)27-19)21-24-16-5-3-4-6-17(16)25-21/h3-6,11-13H,7-10H2,1-2H3,(H,24,25)(H,26,27,30). The number of nitrogens with one attached hydrogen (secondary N) is 2. The van der Waals surface area contributed by atoms with Crippen molar-refractivity contribution in [1.82, 2.24) is 24.7 Å². The molecule has 0 radical (unpaired) electrons. The highest BCUT2D eigenvalue weighted by Gasteiger charge is 2.18. The zero-order valence-corrected chi connectivity index (χ0v) is 17.4. The molecule has 2 N–H and O–H groups in total. The minimum absolute atomic E-state index is 0.243. The van der Waals surface area contributed by atoms with E-state index < -0.39 is 0 Å². The summed E-state index contributed by atoms with van der Waals surface area (Å²) in [6, 6.07) is 11.6. The van der Waals surface area contributed by atoms with Gasteiger partial charge in [-0.2, -0.15) is 5.10 Å². The van der Waals surface area contributed by atoms with Gasteiger partial charge in [-0.3, -0.25) is 9.48 Å². The first-order valence-corrected chi connectivity index (χ1v) is 10.2. The summed E-state index contributed by atoms with van der Waals surface area (Å²) in [7, 11) is 1.82. The Labute approximate surface area is 179 Å². The number of para-hydroxylation sites is 2. The van der Waals surface area contributed by atoms with Crippen LogP contribution in [0, 0.1) is 6.92 Å². The summed E-state index contributed by atoms with van der Waals surface area (Å²) in [6.45, 7) is 4.90. The highest BCUT2D eigenvalue weighted by atomic mass is 16.5. The van der Waals surface area contributed by atoms with Crippen LogP contribution in [0.1, 0.15) is 15.9 Å². The van der Waals surface area contributed by atoms with Gasteiger partial charge in [-0.25, -0.2) is 9.97 Å². The first-order valence-electron chi connectivity index (χ1n) is 10.2. The lowest BCUT2D eigenvalue weighted by Gasteiger charge is -2.28. The highest BCUT2D eigenvalue weighted by Crippen LogP contribution is 2.23. The van der Waals surface area contributed by atoms with Crippen molar-refractivity contribution in [2.75, 3.05) is 36.5 Å². The van der Waals surface area contributed by atoms with Gasteiger partial charge >= 0.3 is 0 Å². The third kappa shape index (κ3) is 3.75. The van der Waals surface area contributed by atoms with E-state index in [2.05, 4.69) is 30.3 Å². The molecule has 31 heavy (non-hydrogen) atoms. The number of aromatic nitrogens is 5. The summed E-state index contributed by atoms with van der Waals surface area (Å²) in [5.41, 5.74) is 4.00. The monoisotopic (exact) mass is 417 g/mol. The van der Waals surface area contributed by atoms with Crippen LogP contribution in [-0.2, 0) is 11.8 Å². The van der Waals surface area contributed by atoms with Crippen LogP contribution in [0.25, 0.3) is 22.6 Å². The lowest BCUT2D eigenvalue weighted by Crippen LogP contribution is -2.36. The number of fused-ring (bicyclic) bond motifs is 1. The van der Waals surface area contributed by atoms with Crippen LogP contribution in [0.5, 0.6) is 0 Å². The molecule has 1 aromatic carbocycles. The molecule has 1 amide bonds. The second-order valence-corrected chi connectivity index (χ2v) is 7.55. The maximum Gasteiger partial charge on any atom is 0.258 e. The Kier molecular flexibility index (Phi) is 4.87. The fourth-order valence-electron chi connectivity index (χ4n) is 3.75. The average Bonchev–Trinajstić information content (AvgIpc) is 3.37. The maximum absolute atomic E-state index is 12.9. The summed E-state index contributed by atoms with van der Waals surface area (Å²) in [5, 5.41) is 7.30. The van der Waals surface area contributed by atoms with E-state index in [9.17, 15) is 4.79 Å². The Hall–Kier alpha value is -3.72. The van der Waals surface area contributed by atoms with Crippen molar-refractivity contribution in [3.05, 3.63) is 53.7 Å². The molecule has 0 unspecified atom stereocenters. The number of hydrogen-bond donors (Lipinski definition) is 2. The third-order valence-corrected chi connectivity index (χ3v) is 5.43. The number of ether oxygens (including phenoxy) is 1. The maximum atomic E-state index is 12.9. The Balaban J connectivity index is 1.35. The molecule has 3 aromatic heterocycles. The zero-order chi connectivity index (χ0) is 21.4. The van der Waals surface area contributed by atoms with E-state index in [0.717, 1.165) is 41.2 Å². The number of benzene rings is 1. The van der Waals surface area contributed by atoms with Gasteiger partial charge in [-0.15, -0.1) is 0 Å². The van der Waals surface area contributed by atoms with Crippen LogP contribution in [0.3, 0.4) is 0 Å². The van der Waals surface area contributed by atoms with Gasteiger partial charge in [0.2, 0.25) is 0 Å². The van der Waals surface area contributed by atoms with Crippen LogP contribution < -0.4 is 10.2 Å². The van der Waals surface area contributed by atoms with Crippen molar-refractivity contribution >= 4 is 28.6 Å². The molecule has 0 bridgehead atoms. The van der Waals surface area contributed by atoms with Crippen molar-refractivity contribution in [2.45, 2.75) is 6.92 Å². The Morgan fingerprint density at radius 1 is 1.19 bits per heavy atom. The lowest BCUT2D eigenvalue weighted by atomic mass is 10.1. The van der Waals surface area contributed by atoms with Crippen molar-refractivity contribution in [2.24, 2.45) is 7.05 Å². The molecule has 5 rings (SSSR count). The largest absolute Gasteiger partial charge is 0.378 e. The van der Waals surface area contributed by atoms with Gasteiger partial charge in [0, 0.05) is 32.4 Å². The minimum Gasteiger partial charge on any atom is -0.378 e. The van der Waals surface area contributed by atoms with Gasteiger partial charge in [-0.1, -0.05) is 12.1 Å². The van der Waals surface area contributed by atoms with Crippen molar-refractivity contribution in [3.8, 4) is 11.5 Å². The minimum atomic E-state index is -0.243. The van der Waals surface area contributed by atoms with Gasteiger partial charge in [0.15, 0.2) is 11.6 Å². The number of pyridine rings is 1. The number of imidazole rings is 1. The van der Waals surface area contributed by atoms with Crippen LogP contribution in [0.15, 0.2) is 42.6 Å². The topological polar surface area (TPSA) is 101 Å². The van der Waals surface area contributed by atoms with E-state index in [-0.39, 0.29) is 5.91 Å². The molecular formula is C22H23N7O2. The van der Waals surface area contributed by atoms with Gasteiger partial charge in [0.1, 0.15) is 11.5 Å². The molecule has 1 aliphatic heterocycles. The van der Waals surface area contributed by atoms with Crippen LogP contribution in [-0.4, -0.2) is 56.9 Å². The van der Waals surface area contributed by atoms with E-state index in [1.54, 1.807) is 16.9 Å². The molecule has 0 saturated carbocycles. The van der Waals surface area contributed by atoms with E-state index in [1.165, 1.54) is 0 Å². The van der Waals surface area contributed by atoms with Crippen LogP contribution >= 0.6 is 0 Å². The number of rotatable bonds is 4. The van der Waals surface area contributed by atoms with Crippen molar-refractivity contribution in [1.29, 1.82) is 0 Å². The molecule has 1 fully saturated rings. The number of H-pyrrole nitrogens is 1. The predicted molar refractivity (Wildman–Crippen MR) is 118 cm³/mol. The second kappa shape index (κ2) is 7.84. The molecule has 9 nitrogen and oxygen atoms in total. The number of carbonyl (C=O) groups is 1. The Morgan fingerprint density at radius 2 is 2.00 bits per heavy atom. The number of aryl methyl sites for hydroxylation is 2. The van der Waals surface area contributed by atoms with E-state index >= 15 is 0 Å². The molecule has 0 spiro atoms. The number of anilines is 2. The number of amides is 1. The zero-order valence-electron chi connectivity index (χ0n) is 17.4. The molecule has 1 saturated heterocycles. The summed E-state index contributed by atoms with van der Waals surface area (Å²) >= 11 is 0. The van der Waals surface area contributed by atoms with E-state index in [0.29, 0.717) is 30.4 Å². The fourth-order valence-corrected chi connectivity index (χ4v) is 3.75. The molecule has 0 atom stereocenters. The Bertz CT molecular complexity index is 1220. The summed E-state index contributed by atoms with van der Waals surface area (Å²) < 4.78 is 7.09. The smallest absolute Gasteiger partial charge is 0.258 e. The molecule has 0 aliphatic carbocycles. The number of hydrogen-bond acceptors (Lipinski definition) is 6. The third-order valence-electron chi connectivity index (χ3n) is 5.43. The van der Waals surface area contributed by atoms with E-state index in [4.69, 9.17) is 4.74 Å². The average molecular weight is 417 g/mol.